The lowest BCUT2D eigenvalue weighted by Crippen LogP contribution is -2.56. The number of hydrogen-bond donors (Lipinski definition) is 6. The van der Waals surface area contributed by atoms with Crippen LogP contribution < -0.4 is 32.2 Å². The summed E-state index contributed by atoms with van der Waals surface area (Å²) in [7, 11) is 1.55. The molecule has 3 heterocycles. The molecule has 1 spiro atoms. The first-order chi connectivity index (χ1) is 19.1. The second-order valence-corrected chi connectivity index (χ2v) is 9.90. The van der Waals surface area contributed by atoms with Gasteiger partial charge >= 0.3 is 0 Å². The van der Waals surface area contributed by atoms with Crippen LogP contribution in [-0.4, -0.2) is 76.7 Å². The van der Waals surface area contributed by atoms with E-state index in [4.69, 9.17) is 33.2 Å². The van der Waals surface area contributed by atoms with Crippen LogP contribution in [-0.2, 0) is 9.59 Å². The van der Waals surface area contributed by atoms with Crippen molar-refractivity contribution in [3.8, 4) is 5.75 Å². The molecule has 14 nitrogen and oxygen atoms in total. The van der Waals surface area contributed by atoms with E-state index in [1.54, 1.807) is 36.3 Å². The molecule has 8 N–H and O–H groups in total. The number of amidine groups is 1. The number of nitrogens with two attached hydrogens (primary N) is 2. The first-order valence-electron chi connectivity index (χ1n) is 12.6. The van der Waals surface area contributed by atoms with Gasteiger partial charge in [-0.05, 0) is 43.5 Å². The molecule has 4 rings (SSSR count). The average molecular weight is 571 g/mol. The van der Waals surface area contributed by atoms with E-state index in [-0.39, 0.29) is 64.5 Å². The zero-order chi connectivity index (χ0) is 28.9. The number of methoxy groups -OCH3 is 1. The van der Waals surface area contributed by atoms with E-state index in [1.165, 1.54) is 0 Å². The number of piperidine rings is 1. The number of likely N-dealkylation sites (tertiary alicyclic amines) is 1. The fourth-order valence-corrected chi connectivity index (χ4v) is 4.59. The summed E-state index contributed by atoms with van der Waals surface area (Å²) in [6.45, 7) is 1.47. The predicted molar refractivity (Wildman–Crippen MR) is 149 cm³/mol. The number of aromatic nitrogens is 2. The van der Waals surface area contributed by atoms with Crippen molar-refractivity contribution in [2.24, 2.45) is 4.99 Å². The second kappa shape index (κ2) is 12.2. The number of nitrogens with one attached hydrogen (secondary N) is 4. The van der Waals surface area contributed by atoms with Gasteiger partial charge < -0.3 is 31.7 Å². The number of anilines is 2. The van der Waals surface area contributed by atoms with Crippen molar-refractivity contribution in [3.05, 3.63) is 40.7 Å². The van der Waals surface area contributed by atoms with E-state index in [9.17, 15) is 14.4 Å². The summed E-state index contributed by atoms with van der Waals surface area (Å²) in [4.78, 5) is 51.4. The van der Waals surface area contributed by atoms with Gasteiger partial charge in [-0.15, -0.1) is 0 Å². The van der Waals surface area contributed by atoms with Gasteiger partial charge in [-0.25, -0.2) is 9.97 Å². The Morgan fingerprint density at radius 1 is 1.12 bits per heavy atom. The molecule has 2 aliphatic heterocycles. The standard InChI is InChI=1S/C25H31ClN10O4/c1-40-15-7-5-14(6-8-15)20(27)31-16(37)3-2-4-17(38)36-11-9-25(10-12-36)13-30-24(35-25)34-23(39)18-21(28)33-22(29)19(26)32-18/h5-8H,2-4,9-13H2,1H3,(H2,27,31,37)(H4,28,29,33)(H2,30,34,35,39). The fraction of sp³-hybridized carbons (Fsp3) is 0.400. The third-order valence-corrected chi connectivity index (χ3v) is 7.06. The molecule has 0 bridgehead atoms. The lowest BCUT2D eigenvalue weighted by Gasteiger charge is -2.39. The highest BCUT2D eigenvalue weighted by atomic mass is 35.5. The molecular weight excluding hydrogens is 540 g/mol. The zero-order valence-electron chi connectivity index (χ0n) is 21.9. The Morgan fingerprint density at radius 2 is 1.82 bits per heavy atom. The molecule has 2 aromatic rings. The van der Waals surface area contributed by atoms with Crippen molar-refractivity contribution < 1.29 is 19.1 Å². The van der Waals surface area contributed by atoms with Crippen molar-refractivity contribution in [2.45, 2.75) is 37.6 Å². The number of nitrogen functional groups attached to an aromatic ring is 2. The van der Waals surface area contributed by atoms with Crippen LogP contribution in [0.1, 0.15) is 48.2 Å². The molecule has 0 unspecified atom stereocenters. The number of carbonyl (C=O) groups is 3. The van der Waals surface area contributed by atoms with Crippen LogP contribution in [0.4, 0.5) is 11.6 Å². The van der Waals surface area contributed by atoms with Gasteiger partial charge in [-0.1, -0.05) is 11.6 Å². The molecule has 0 aliphatic carbocycles. The van der Waals surface area contributed by atoms with Crippen molar-refractivity contribution in [1.82, 2.24) is 30.8 Å². The number of aliphatic imine (C=N–C) groups is 1. The van der Waals surface area contributed by atoms with Gasteiger partial charge in [0.05, 0.1) is 19.2 Å². The molecule has 0 radical (unpaired) electrons. The smallest absolute Gasteiger partial charge is 0.280 e. The molecule has 2 aliphatic rings. The zero-order valence-corrected chi connectivity index (χ0v) is 22.7. The number of nitrogens with zero attached hydrogens (tertiary/aromatic N) is 4. The van der Waals surface area contributed by atoms with Gasteiger partial charge in [-0.2, -0.15) is 0 Å². The fourth-order valence-electron chi connectivity index (χ4n) is 4.46. The third-order valence-electron chi connectivity index (χ3n) is 6.79. The van der Waals surface area contributed by atoms with E-state index in [1.807, 2.05) is 0 Å². The number of carbonyl (C=O) groups excluding carboxylic acids is 3. The molecule has 1 aromatic carbocycles. The topological polar surface area (TPSA) is 214 Å². The van der Waals surface area contributed by atoms with Crippen molar-refractivity contribution in [1.29, 1.82) is 5.41 Å². The molecule has 40 heavy (non-hydrogen) atoms. The first-order valence-corrected chi connectivity index (χ1v) is 13.0. The Morgan fingerprint density at radius 3 is 2.50 bits per heavy atom. The highest BCUT2D eigenvalue weighted by molar-refractivity contribution is 6.31. The van der Waals surface area contributed by atoms with E-state index >= 15 is 0 Å². The molecule has 15 heteroatoms. The number of amides is 3. The molecule has 0 atom stereocenters. The number of halogens is 1. The van der Waals surface area contributed by atoms with Crippen LogP contribution in [0, 0.1) is 5.41 Å². The summed E-state index contributed by atoms with van der Waals surface area (Å²) in [5.74, 6) is -0.244. The largest absolute Gasteiger partial charge is 0.497 e. The maximum absolute atomic E-state index is 12.7. The predicted octanol–water partition coefficient (Wildman–Crippen LogP) is 0.665. The van der Waals surface area contributed by atoms with Gasteiger partial charge in [0.2, 0.25) is 11.8 Å². The number of hydrogen-bond acceptors (Lipinski definition) is 11. The Kier molecular flexibility index (Phi) is 8.67. The van der Waals surface area contributed by atoms with Crippen LogP contribution in [0.3, 0.4) is 0 Å². The summed E-state index contributed by atoms with van der Waals surface area (Å²) in [5.41, 5.74) is 11.3. The minimum absolute atomic E-state index is 0.00388. The molecule has 1 aromatic heterocycles. The van der Waals surface area contributed by atoms with Crippen LogP contribution in [0.5, 0.6) is 5.75 Å². The summed E-state index contributed by atoms with van der Waals surface area (Å²) >= 11 is 5.86. The van der Waals surface area contributed by atoms with Crippen LogP contribution in [0.2, 0.25) is 5.15 Å². The average Bonchev–Trinajstić information content (AvgIpc) is 3.32. The van der Waals surface area contributed by atoms with Gasteiger partial charge in [0.15, 0.2) is 28.4 Å². The molecule has 0 saturated carbocycles. The van der Waals surface area contributed by atoms with Crippen LogP contribution in [0.15, 0.2) is 29.3 Å². The number of benzene rings is 1. The quantitative estimate of drug-likeness (QED) is 0.203. The maximum Gasteiger partial charge on any atom is 0.280 e. The van der Waals surface area contributed by atoms with E-state index in [2.05, 4.69) is 30.9 Å². The minimum atomic E-state index is -0.619. The van der Waals surface area contributed by atoms with Crippen molar-refractivity contribution in [3.63, 3.8) is 0 Å². The highest BCUT2D eigenvalue weighted by Crippen LogP contribution is 2.26. The van der Waals surface area contributed by atoms with E-state index < -0.39 is 5.91 Å². The van der Waals surface area contributed by atoms with Crippen molar-refractivity contribution >= 4 is 52.8 Å². The molecular formula is C25H31ClN10O4. The second-order valence-electron chi connectivity index (χ2n) is 9.54. The highest BCUT2D eigenvalue weighted by Gasteiger charge is 2.40. The van der Waals surface area contributed by atoms with Crippen molar-refractivity contribution in [2.75, 3.05) is 38.2 Å². The maximum atomic E-state index is 12.7. The van der Waals surface area contributed by atoms with Crippen LogP contribution >= 0.6 is 11.6 Å². The lowest BCUT2D eigenvalue weighted by atomic mass is 9.88. The summed E-state index contributed by atoms with van der Waals surface area (Å²) in [6, 6.07) is 6.81. The Labute approximate surface area is 235 Å². The van der Waals surface area contributed by atoms with Gasteiger partial charge in [0.25, 0.3) is 5.91 Å². The molecule has 1 saturated heterocycles. The Balaban J connectivity index is 1.17. The first kappa shape index (κ1) is 28.5. The number of guanidine groups is 1. The number of ether oxygens (including phenoxy) is 1. The summed E-state index contributed by atoms with van der Waals surface area (Å²) in [6.07, 6.45) is 2.01. The summed E-state index contributed by atoms with van der Waals surface area (Å²) < 4.78 is 5.09. The number of rotatable bonds is 7. The lowest BCUT2D eigenvalue weighted by molar-refractivity contribution is -0.133. The third kappa shape index (κ3) is 6.75. The SMILES string of the molecule is COc1ccc(C(=N)NC(=O)CCCC(=O)N2CCC3(CC2)CN=C(NC(=O)c2nc(Cl)c(N)nc2N)N3)cc1. The summed E-state index contributed by atoms with van der Waals surface area (Å²) in [5, 5.41) is 16.4. The molecule has 3 amide bonds. The monoisotopic (exact) mass is 570 g/mol. The Bertz CT molecular complexity index is 1340. The van der Waals surface area contributed by atoms with Gasteiger partial charge in [0.1, 0.15) is 11.6 Å². The Hall–Kier alpha value is -4.46. The van der Waals surface area contributed by atoms with E-state index in [0.717, 1.165) is 0 Å². The van der Waals surface area contributed by atoms with Crippen LogP contribution in [0.25, 0.3) is 0 Å². The van der Waals surface area contributed by atoms with Gasteiger partial charge in [-0.3, -0.25) is 30.1 Å². The molecule has 212 valence electrons. The molecule has 1 fully saturated rings. The van der Waals surface area contributed by atoms with E-state index in [0.29, 0.717) is 50.2 Å². The minimum Gasteiger partial charge on any atom is -0.497 e. The normalized spacial score (nSPS) is 15.7. The van der Waals surface area contributed by atoms with Gasteiger partial charge in [0, 0.05) is 31.5 Å².